The number of nitrogens with one attached hydrogen (secondary N) is 2. The van der Waals surface area contributed by atoms with Gasteiger partial charge in [-0.2, -0.15) is 0 Å². The van der Waals surface area contributed by atoms with Gasteiger partial charge in [-0.3, -0.25) is 9.59 Å². The highest BCUT2D eigenvalue weighted by Crippen LogP contribution is 2.34. The molecular formula is C58H51ClN8O4. The molecule has 2 aliphatic heterocycles. The Balaban J connectivity index is 0.000000176. The maximum absolute atomic E-state index is 11.7. The molecule has 10 rings (SSSR count). The Hall–Kier alpha value is -8.45. The van der Waals surface area contributed by atoms with Crippen LogP contribution in [0, 0.1) is 42.4 Å². The second-order valence-corrected chi connectivity index (χ2v) is 17.8. The molecule has 0 spiro atoms. The van der Waals surface area contributed by atoms with E-state index in [1.165, 1.54) is 6.33 Å². The number of carbonyl (C=O) groups is 2. The summed E-state index contributed by atoms with van der Waals surface area (Å²) in [5, 5.41) is 9.02. The zero-order chi connectivity index (χ0) is 49.1. The fraction of sp³-hybridized carbons (Fsp3) is 0.207. The number of ether oxygens (including phenoxy) is 2. The Bertz CT molecular complexity index is 3350. The summed E-state index contributed by atoms with van der Waals surface area (Å²) < 4.78 is 11.9. The number of hydrogen-bond acceptors (Lipinski definition) is 10. The molecule has 4 heterocycles. The quantitative estimate of drug-likeness (QED) is 0.142. The first kappa shape index (κ1) is 47.6. The molecule has 0 saturated carbocycles. The number of benzene rings is 6. The summed E-state index contributed by atoms with van der Waals surface area (Å²) in [5.74, 6) is 18.2. The lowest BCUT2D eigenvalue weighted by Gasteiger charge is -2.29. The van der Waals surface area contributed by atoms with E-state index in [0.717, 1.165) is 105 Å². The maximum Gasteiger partial charge on any atom is 0.219 e. The number of fused-ring (bicyclic) bond motifs is 2. The summed E-state index contributed by atoms with van der Waals surface area (Å²) in [5.41, 5.74) is 6.15. The van der Waals surface area contributed by atoms with Crippen molar-refractivity contribution >= 4 is 68.2 Å². The van der Waals surface area contributed by atoms with Crippen LogP contribution in [0.2, 0.25) is 5.02 Å². The van der Waals surface area contributed by atoms with E-state index >= 15 is 0 Å². The molecule has 2 unspecified atom stereocenters. The molecule has 13 heteroatoms. The predicted octanol–water partition coefficient (Wildman–Crippen LogP) is 12.1. The molecule has 354 valence electrons. The van der Waals surface area contributed by atoms with Crippen LogP contribution in [0.5, 0.6) is 23.0 Å². The summed E-state index contributed by atoms with van der Waals surface area (Å²) in [4.78, 5) is 44.8. The molecule has 12 nitrogen and oxygen atoms in total. The number of nitrogens with zero attached hydrogens (tertiary/aromatic N) is 6. The number of aromatic nitrogens is 4. The molecule has 71 heavy (non-hydrogen) atoms. The number of anilines is 4. The van der Waals surface area contributed by atoms with Crippen molar-refractivity contribution in [1.82, 2.24) is 29.7 Å². The standard InChI is InChI=1S/C30H28N4O2.C28H23ClN4O2/c1-21-17-25(13-15-29(21)36-26-8-4-3-5-9-26)33-30-27-18-23(12-14-28(27)31-20-32-30)10-11-24-7-6-16-34(19-24)22(2)35;1-19(34)33-14-13-21(17-33)8-7-20-9-11-26-24(15-20)28(31-18-30-26)32-22-10-12-27(25(29)16-22)35-23-5-3-2-4-6-23/h3-5,8-9,12-15,17-18,20,24H,6-7,16,19H2,1-2H3,(H,31,32,33);2-6,9-12,15-16,18,21H,13-14,17H2,1H3,(H,30,31,32). The molecule has 2 aromatic heterocycles. The third-order valence-corrected chi connectivity index (χ3v) is 12.5. The third kappa shape index (κ3) is 12.4. The molecule has 2 amide bonds. The molecule has 2 aliphatic rings. The lowest BCUT2D eigenvalue weighted by atomic mass is 9.98. The molecule has 8 aromatic rings. The molecule has 0 aliphatic carbocycles. The number of piperidine rings is 1. The zero-order valence-electron chi connectivity index (χ0n) is 39.7. The SMILES string of the molecule is CC(=O)N1CCC(C#Cc2ccc3ncnc(Nc4ccc(Oc5ccccc5)c(Cl)c4)c3c2)C1.CC(=O)N1CCCC(C#Cc2ccc3ncnc(Nc4ccc(Oc5ccccc5)c(C)c4)c3c2)C1. The summed E-state index contributed by atoms with van der Waals surface area (Å²) >= 11 is 6.48. The van der Waals surface area contributed by atoms with Crippen molar-refractivity contribution < 1.29 is 19.1 Å². The molecule has 0 bridgehead atoms. The fourth-order valence-corrected chi connectivity index (χ4v) is 8.61. The van der Waals surface area contributed by atoms with Gasteiger partial charge in [0.2, 0.25) is 11.8 Å². The topological polar surface area (TPSA) is 135 Å². The predicted molar refractivity (Wildman–Crippen MR) is 280 cm³/mol. The van der Waals surface area contributed by atoms with Gasteiger partial charge in [-0.1, -0.05) is 71.7 Å². The van der Waals surface area contributed by atoms with E-state index in [1.54, 1.807) is 26.2 Å². The first-order valence-corrected chi connectivity index (χ1v) is 23.9. The van der Waals surface area contributed by atoms with Gasteiger partial charge < -0.3 is 29.9 Å². The number of carbonyl (C=O) groups excluding carboxylic acids is 2. The normalized spacial score (nSPS) is 15.0. The third-order valence-electron chi connectivity index (χ3n) is 12.2. The summed E-state index contributed by atoms with van der Waals surface area (Å²) in [6.45, 7) is 8.24. The second kappa shape index (κ2) is 22.3. The Morgan fingerprint density at radius 1 is 0.592 bits per heavy atom. The lowest BCUT2D eigenvalue weighted by molar-refractivity contribution is -0.130. The van der Waals surface area contributed by atoms with Crippen molar-refractivity contribution in [2.45, 2.75) is 40.0 Å². The van der Waals surface area contributed by atoms with E-state index < -0.39 is 0 Å². The van der Waals surface area contributed by atoms with Gasteiger partial charge >= 0.3 is 0 Å². The Morgan fingerprint density at radius 2 is 1.10 bits per heavy atom. The van der Waals surface area contributed by atoms with Crippen LogP contribution < -0.4 is 20.1 Å². The average molecular weight is 960 g/mol. The Morgan fingerprint density at radius 3 is 1.62 bits per heavy atom. The van der Waals surface area contributed by atoms with Crippen molar-refractivity contribution in [2.24, 2.45) is 11.8 Å². The minimum atomic E-state index is 0.104. The van der Waals surface area contributed by atoms with Crippen LogP contribution in [0.4, 0.5) is 23.0 Å². The van der Waals surface area contributed by atoms with Crippen molar-refractivity contribution in [2.75, 3.05) is 36.8 Å². The van der Waals surface area contributed by atoms with E-state index in [4.69, 9.17) is 21.1 Å². The number of aryl methyl sites for hydroxylation is 1. The monoisotopic (exact) mass is 958 g/mol. The van der Waals surface area contributed by atoms with E-state index in [2.05, 4.69) is 54.3 Å². The van der Waals surface area contributed by atoms with Crippen LogP contribution in [0.1, 0.15) is 49.8 Å². The molecule has 0 radical (unpaired) electrons. The Kier molecular flexibility index (Phi) is 15.0. The average Bonchev–Trinajstić information content (AvgIpc) is 3.88. The van der Waals surface area contributed by atoms with Gasteiger partial charge in [-0.05, 0) is 129 Å². The Labute approximate surface area is 418 Å². The van der Waals surface area contributed by atoms with Crippen LogP contribution in [0.25, 0.3) is 21.8 Å². The van der Waals surface area contributed by atoms with Gasteiger partial charge in [0.25, 0.3) is 0 Å². The second-order valence-electron chi connectivity index (χ2n) is 17.4. The number of para-hydroxylation sites is 2. The molecule has 6 aromatic carbocycles. The smallest absolute Gasteiger partial charge is 0.219 e. The van der Waals surface area contributed by atoms with E-state index in [9.17, 15) is 9.59 Å². The molecule has 2 saturated heterocycles. The highest BCUT2D eigenvalue weighted by molar-refractivity contribution is 6.32. The number of halogens is 1. The largest absolute Gasteiger partial charge is 0.457 e. The summed E-state index contributed by atoms with van der Waals surface area (Å²) in [6.07, 6.45) is 6.01. The van der Waals surface area contributed by atoms with E-state index in [1.807, 2.05) is 144 Å². The van der Waals surface area contributed by atoms with Gasteiger partial charge in [0.05, 0.1) is 16.1 Å². The minimum Gasteiger partial charge on any atom is -0.457 e. The van der Waals surface area contributed by atoms with Crippen LogP contribution in [0.15, 0.2) is 146 Å². The minimum absolute atomic E-state index is 0.104. The first-order chi connectivity index (χ1) is 34.6. The summed E-state index contributed by atoms with van der Waals surface area (Å²) in [6, 6.07) is 42.6. The van der Waals surface area contributed by atoms with Crippen molar-refractivity contribution in [1.29, 1.82) is 0 Å². The molecule has 2 fully saturated rings. The van der Waals surface area contributed by atoms with Gasteiger partial charge in [0, 0.05) is 85.1 Å². The fourth-order valence-electron chi connectivity index (χ4n) is 8.39. The molecular weight excluding hydrogens is 908 g/mol. The van der Waals surface area contributed by atoms with Gasteiger partial charge in [-0.15, -0.1) is 0 Å². The van der Waals surface area contributed by atoms with Gasteiger partial charge in [0.1, 0.15) is 47.3 Å². The van der Waals surface area contributed by atoms with Gasteiger partial charge in [-0.25, -0.2) is 19.9 Å². The lowest BCUT2D eigenvalue weighted by Crippen LogP contribution is -2.38. The highest BCUT2D eigenvalue weighted by atomic mass is 35.5. The van der Waals surface area contributed by atoms with Crippen LogP contribution >= 0.6 is 11.6 Å². The van der Waals surface area contributed by atoms with Gasteiger partial charge in [0.15, 0.2) is 0 Å². The van der Waals surface area contributed by atoms with Crippen LogP contribution in [0.3, 0.4) is 0 Å². The first-order valence-electron chi connectivity index (χ1n) is 23.5. The van der Waals surface area contributed by atoms with E-state index in [0.29, 0.717) is 29.7 Å². The number of hydrogen-bond donors (Lipinski definition) is 2. The number of likely N-dealkylation sites (tertiary alicyclic amines) is 2. The highest BCUT2D eigenvalue weighted by Gasteiger charge is 2.23. The molecule has 2 atom stereocenters. The van der Waals surface area contributed by atoms with E-state index in [-0.39, 0.29) is 23.7 Å². The number of rotatable bonds is 8. The number of amides is 2. The van der Waals surface area contributed by atoms with Crippen molar-refractivity contribution in [3.05, 3.63) is 168 Å². The summed E-state index contributed by atoms with van der Waals surface area (Å²) in [7, 11) is 0. The van der Waals surface area contributed by atoms with Crippen molar-refractivity contribution in [3.8, 4) is 46.7 Å². The molecule has 2 N–H and O–H groups in total. The van der Waals surface area contributed by atoms with Crippen LogP contribution in [-0.2, 0) is 9.59 Å². The maximum atomic E-state index is 11.7. The zero-order valence-corrected chi connectivity index (χ0v) is 40.4. The van der Waals surface area contributed by atoms with Crippen molar-refractivity contribution in [3.63, 3.8) is 0 Å². The van der Waals surface area contributed by atoms with Crippen LogP contribution in [-0.4, -0.2) is 67.7 Å².